The third kappa shape index (κ3) is 3.42. The van der Waals surface area contributed by atoms with Gasteiger partial charge in [0.2, 0.25) is 0 Å². The zero-order chi connectivity index (χ0) is 11.4. The Bertz CT molecular complexity index is 370. The summed E-state index contributed by atoms with van der Waals surface area (Å²) in [6, 6.07) is 3.93. The molecule has 1 aromatic rings. The van der Waals surface area contributed by atoms with Crippen LogP contribution in [-0.2, 0) is 0 Å². The number of alkyl halides is 1. The van der Waals surface area contributed by atoms with Gasteiger partial charge in [-0.15, -0.1) is 0 Å². The van der Waals surface area contributed by atoms with Crippen LogP contribution in [0.3, 0.4) is 0 Å². The lowest BCUT2D eigenvalue weighted by Gasteiger charge is -2.07. The van der Waals surface area contributed by atoms with Gasteiger partial charge < -0.3 is 0 Å². The first-order valence-electron chi connectivity index (χ1n) is 4.76. The van der Waals surface area contributed by atoms with E-state index in [1.54, 1.807) is 6.07 Å². The Labute approximate surface area is 97.1 Å². The second-order valence-electron chi connectivity index (χ2n) is 3.68. The maximum Gasteiger partial charge on any atom is 0.159 e. The number of hydrogen-bond acceptors (Lipinski definition) is 0. The molecule has 0 unspecified atom stereocenters. The molecule has 0 aliphatic heterocycles. The summed E-state index contributed by atoms with van der Waals surface area (Å²) in [6.45, 7) is 4.12. The molecule has 0 aliphatic carbocycles. The number of benzene rings is 1. The van der Waals surface area contributed by atoms with E-state index >= 15 is 0 Å². The average Bonchev–Trinajstić information content (AvgIpc) is 2.19. The van der Waals surface area contributed by atoms with E-state index in [1.165, 1.54) is 6.07 Å². The van der Waals surface area contributed by atoms with Crippen molar-refractivity contribution >= 4 is 22.0 Å². The molecule has 15 heavy (non-hydrogen) atoms. The van der Waals surface area contributed by atoms with Crippen LogP contribution in [0.1, 0.15) is 19.4 Å². The van der Waals surface area contributed by atoms with Crippen molar-refractivity contribution in [1.29, 1.82) is 0 Å². The third-order valence-corrected chi connectivity index (χ3v) is 2.84. The maximum absolute atomic E-state index is 12.9. The molecule has 0 amide bonds. The summed E-state index contributed by atoms with van der Waals surface area (Å²) in [5.74, 6) is -1.23. The van der Waals surface area contributed by atoms with E-state index in [1.807, 2.05) is 6.08 Å². The van der Waals surface area contributed by atoms with Crippen LogP contribution < -0.4 is 0 Å². The van der Waals surface area contributed by atoms with Gasteiger partial charge in [-0.05, 0) is 23.6 Å². The lowest BCUT2D eigenvalue weighted by Crippen LogP contribution is -1.95. The van der Waals surface area contributed by atoms with Crippen LogP contribution in [0.5, 0.6) is 0 Å². The van der Waals surface area contributed by atoms with Crippen LogP contribution in [-0.4, -0.2) is 5.33 Å². The summed E-state index contributed by atoms with van der Waals surface area (Å²) in [6.07, 6.45) is 1.88. The third-order valence-electron chi connectivity index (χ3n) is 2.19. The zero-order valence-electron chi connectivity index (χ0n) is 8.73. The van der Waals surface area contributed by atoms with Gasteiger partial charge in [-0.25, -0.2) is 8.78 Å². The number of halogens is 3. The molecule has 0 aromatic heterocycles. The van der Waals surface area contributed by atoms with Crippen molar-refractivity contribution in [2.45, 2.75) is 13.8 Å². The van der Waals surface area contributed by atoms with Gasteiger partial charge >= 0.3 is 0 Å². The lowest BCUT2D eigenvalue weighted by molar-refractivity contribution is 0.508. The second kappa shape index (κ2) is 5.40. The molecule has 0 aliphatic rings. The minimum atomic E-state index is -0.808. The summed E-state index contributed by atoms with van der Waals surface area (Å²) in [4.78, 5) is 0. The van der Waals surface area contributed by atoms with Crippen molar-refractivity contribution in [3.63, 3.8) is 0 Å². The van der Waals surface area contributed by atoms with Gasteiger partial charge in [-0.1, -0.05) is 47.5 Å². The van der Waals surface area contributed by atoms with E-state index in [2.05, 4.69) is 29.8 Å². The summed E-state index contributed by atoms with van der Waals surface area (Å²) in [7, 11) is 0. The van der Waals surface area contributed by atoms with Gasteiger partial charge in [0, 0.05) is 5.33 Å². The topological polar surface area (TPSA) is 0 Å². The van der Waals surface area contributed by atoms with Crippen molar-refractivity contribution in [2.75, 3.05) is 5.33 Å². The molecule has 0 atom stereocenters. The molecule has 1 rings (SSSR count). The van der Waals surface area contributed by atoms with E-state index in [0.717, 1.165) is 17.0 Å². The second-order valence-corrected chi connectivity index (χ2v) is 4.24. The van der Waals surface area contributed by atoms with Crippen LogP contribution in [0.15, 0.2) is 23.8 Å². The van der Waals surface area contributed by atoms with Gasteiger partial charge in [0.25, 0.3) is 0 Å². The Kier molecular flexibility index (Phi) is 4.45. The normalized spacial score (nSPS) is 12.3. The Morgan fingerprint density at radius 2 is 2.00 bits per heavy atom. The van der Waals surface area contributed by atoms with Crippen LogP contribution in [0.2, 0.25) is 0 Å². The fourth-order valence-corrected chi connectivity index (χ4v) is 1.99. The van der Waals surface area contributed by atoms with Crippen LogP contribution >= 0.6 is 15.9 Å². The van der Waals surface area contributed by atoms with Crippen molar-refractivity contribution in [1.82, 2.24) is 0 Å². The highest BCUT2D eigenvalue weighted by Crippen LogP contribution is 2.18. The first-order valence-corrected chi connectivity index (χ1v) is 5.88. The number of allylic oxidation sites excluding steroid dienone is 1. The van der Waals surface area contributed by atoms with Crippen LogP contribution in [0.4, 0.5) is 8.78 Å². The fourth-order valence-electron chi connectivity index (χ4n) is 1.18. The zero-order valence-corrected chi connectivity index (χ0v) is 10.3. The lowest BCUT2D eigenvalue weighted by atomic mass is 10.0. The van der Waals surface area contributed by atoms with Crippen molar-refractivity contribution < 1.29 is 8.78 Å². The molecular formula is C12H13BrF2. The minimum Gasteiger partial charge on any atom is -0.204 e. The highest BCUT2D eigenvalue weighted by atomic mass is 79.9. The molecule has 0 saturated carbocycles. The Balaban J connectivity index is 3.01. The quantitative estimate of drug-likeness (QED) is 0.717. The van der Waals surface area contributed by atoms with Crippen molar-refractivity contribution in [3.05, 3.63) is 41.0 Å². The molecule has 0 heterocycles. The highest BCUT2D eigenvalue weighted by molar-refractivity contribution is 9.09. The summed E-state index contributed by atoms with van der Waals surface area (Å²) < 4.78 is 25.6. The van der Waals surface area contributed by atoms with Gasteiger partial charge in [0.15, 0.2) is 11.6 Å². The van der Waals surface area contributed by atoms with E-state index in [0.29, 0.717) is 11.5 Å². The van der Waals surface area contributed by atoms with Gasteiger partial charge in [-0.2, -0.15) is 0 Å². The monoisotopic (exact) mass is 274 g/mol. The van der Waals surface area contributed by atoms with Gasteiger partial charge in [0.05, 0.1) is 0 Å². The van der Waals surface area contributed by atoms with E-state index in [4.69, 9.17) is 0 Å². The van der Waals surface area contributed by atoms with Crippen molar-refractivity contribution in [3.8, 4) is 0 Å². The molecule has 0 spiro atoms. The summed E-state index contributed by atoms with van der Waals surface area (Å²) in [5, 5.41) is 0.740. The molecule has 82 valence electrons. The molecule has 0 fully saturated rings. The van der Waals surface area contributed by atoms with E-state index in [-0.39, 0.29) is 0 Å². The standard InChI is InChI=1S/C12H13BrF2/c1-8(2)10(7-13)5-9-3-4-11(14)12(15)6-9/h3-6,8H,7H2,1-2H3. The van der Waals surface area contributed by atoms with Gasteiger partial charge in [-0.3, -0.25) is 0 Å². The summed E-state index contributed by atoms with van der Waals surface area (Å²) in [5.41, 5.74) is 1.85. The Morgan fingerprint density at radius 1 is 1.33 bits per heavy atom. The molecule has 1 aromatic carbocycles. The average molecular weight is 275 g/mol. The summed E-state index contributed by atoms with van der Waals surface area (Å²) >= 11 is 3.37. The molecule has 0 radical (unpaired) electrons. The predicted molar refractivity (Wildman–Crippen MR) is 63.0 cm³/mol. The molecule has 0 bridgehead atoms. The number of rotatable bonds is 3. The molecule has 0 nitrogen and oxygen atoms in total. The SMILES string of the molecule is CC(C)C(=Cc1ccc(F)c(F)c1)CBr. The smallest absolute Gasteiger partial charge is 0.159 e. The van der Waals surface area contributed by atoms with Crippen LogP contribution in [0.25, 0.3) is 6.08 Å². The van der Waals surface area contributed by atoms with Crippen molar-refractivity contribution in [2.24, 2.45) is 5.92 Å². The van der Waals surface area contributed by atoms with Crippen LogP contribution in [0, 0.1) is 17.6 Å². The first-order chi connectivity index (χ1) is 7.04. The molecule has 3 heteroatoms. The van der Waals surface area contributed by atoms with Gasteiger partial charge in [0.1, 0.15) is 0 Å². The largest absolute Gasteiger partial charge is 0.204 e. The minimum absolute atomic E-state index is 0.387. The van der Waals surface area contributed by atoms with E-state index < -0.39 is 11.6 Å². The van der Waals surface area contributed by atoms with E-state index in [9.17, 15) is 8.78 Å². The highest BCUT2D eigenvalue weighted by Gasteiger charge is 2.04. The Morgan fingerprint density at radius 3 is 2.47 bits per heavy atom. The molecular weight excluding hydrogens is 262 g/mol. The molecule has 0 N–H and O–H groups in total. The predicted octanol–water partition coefficient (Wildman–Crippen LogP) is 4.40. The number of hydrogen-bond donors (Lipinski definition) is 0. The fraction of sp³-hybridized carbons (Fsp3) is 0.333. The first kappa shape index (κ1) is 12.4. The molecule has 0 saturated heterocycles. The maximum atomic E-state index is 12.9. The Hall–Kier alpha value is -0.700.